The molecular weight excluding hydrogens is 623 g/mol. The maximum absolute atomic E-state index is 10.1. The third kappa shape index (κ3) is 5.61. The van der Waals surface area contributed by atoms with E-state index < -0.39 is 0 Å². The second-order valence-electron chi connectivity index (χ2n) is 12.5. The average Bonchev–Trinajstić information content (AvgIpc) is 3.56. The number of hydrogen-bond donors (Lipinski definition) is 0. The highest BCUT2D eigenvalue weighted by Gasteiger charge is 2.20. The molecule has 0 spiro atoms. The Morgan fingerprint density at radius 2 is 0.922 bits per heavy atom. The van der Waals surface area contributed by atoms with E-state index in [1.54, 1.807) is 0 Å². The third-order valence-corrected chi connectivity index (χ3v) is 9.30. The van der Waals surface area contributed by atoms with Crippen molar-refractivity contribution in [1.29, 1.82) is 5.26 Å². The van der Waals surface area contributed by atoms with E-state index in [1.165, 1.54) is 10.8 Å². The number of para-hydroxylation sites is 2. The fourth-order valence-electron chi connectivity index (χ4n) is 6.89. The molecule has 2 heterocycles. The lowest BCUT2D eigenvalue weighted by Gasteiger charge is -2.12. The minimum atomic E-state index is 0.611. The predicted molar refractivity (Wildman–Crippen MR) is 205 cm³/mol. The molecule has 9 aromatic rings. The Morgan fingerprint density at radius 1 is 0.431 bits per heavy atom. The Hall–Kier alpha value is -7.16. The van der Waals surface area contributed by atoms with Gasteiger partial charge >= 0.3 is 5.82 Å². The second kappa shape index (κ2) is 12.7. The molecular formula is C46H30N5+. The Kier molecular flexibility index (Phi) is 7.46. The normalized spacial score (nSPS) is 11.1. The molecule has 0 saturated carbocycles. The predicted octanol–water partition coefficient (Wildman–Crippen LogP) is 10.6. The molecule has 0 fully saturated rings. The first-order valence-electron chi connectivity index (χ1n) is 16.9. The lowest BCUT2D eigenvalue weighted by atomic mass is 9.96. The Bertz CT molecular complexity index is 2650. The van der Waals surface area contributed by atoms with Gasteiger partial charge in [0.25, 0.3) is 11.6 Å². The van der Waals surface area contributed by atoms with Crippen LogP contribution in [0.3, 0.4) is 0 Å². The summed E-state index contributed by atoms with van der Waals surface area (Å²) in [6.07, 6.45) is 0. The zero-order valence-electron chi connectivity index (χ0n) is 27.5. The van der Waals surface area contributed by atoms with Gasteiger partial charge in [0.15, 0.2) is 0 Å². The molecule has 0 aliphatic rings. The van der Waals surface area contributed by atoms with Crippen molar-refractivity contribution in [2.45, 2.75) is 0 Å². The van der Waals surface area contributed by atoms with Crippen molar-refractivity contribution in [1.82, 2.24) is 14.5 Å². The molecule has 238 valence electrons. The first kappa shape index (κ1) is 29.9. The van der Waals surface area contributed by atoms with Crippen LogP contribution in [0.4, 0.5) is 0 Å². The molecule has 0 aliphatic heterocycles. The number of nitrogens with one attached hydrogen (secondary N) is 1. The van der Waals surface area contributed by atoms with E-state index in [-0.39, 0.29) is 0 Å². The highest BCUT2D eigenvalue weighted by atomic mass is 15.0. The minimum absolute atomic E-state index is 0.611. The number of aromatic nitrogens is 4. The Labute approximate surface area is 295 Å². The topological polar surface area (TPSA) is 68.6 Å². The highest BCUT2D eigenvalue weighted by Crippen LogP contribution is 2.35. The molecule has 5 heteroatoms. The van der Waals surface area contributed by atoms with Gasteiger partial charge in [0.1, 0.15) is 0 Å². The molecule has 51 heavy (non-hydrogen) atoms. The van der Waals surface area contributed by atoms with Crippen LogP contribution in [0.1, 0.15) is 5.56 Å². The Morgan fingerprint density at radius 3 is 1.55 bits per heavy atom. The fraction of sp³-hybridized carbons (Fsp3) is 0. The maximum Gasteiger partial charge on any atom is 0.308 e. The zero-order valence-corrected chi connectivity index (χ0v) is 27.5. The molecule has 7 aromatic carbocycles. The van der Waals surface area contributed by atoms with Crippen molar-refractivity contribution in [2.75, 3.05) is 0 Å². The molecule has 1 N–H and O–H groups in total. The fourth-order valence-corrected chi connectivity index (χ4v) is 6.89. The number of benzene rings is 7. The van der Waals surface area contributed by atoms with Gasteiger partial charge in [0.05, 0.1) is 39.4 Å². The maximum atomic E-state index is 10.1. The smallest absolute Gasteiger partial charge is 0.308 e. The van der Waals surface area contributed by atoms with Gasteiger partial charge in [-0.2, -0.15) is 5.26 Å². The van der Waals surface area contributed by atoms with Gasteiger partial charge in [0, 0.05) is 16.5 Å². The van der Waals surface area contributed by atoms with Gasteiger partial charge in [-0.25, -0.2) is 4.98 Å². The van der Waals surface area contributed by atoms with Gasteiger partial charge in [-0.1, -0.05) is 113 Å². The van der Waals surface area contributed by atoms with Crippen molar-refractivity contribution < 1.29 is 4.98 Å². The molecule has 9 rings (SSSR count). The number of nitriles is 1. The lowest BCUT2D eigenvalue weighted by Crippen LogP contribution is -2.17. The van der Waals surface area contributed by atoms with Crippen molar-refractivity contribution in [3.8, 4) is 68.2 Å². The molecule has 0 unspecified atom stereocenters. The van der Waals surface area contributed by atoms with Gasteiger partial charge in [-0.3, -0.25) is 0 Å². The monoisotopic (exact) mass is 652 g/mol. The summed E-state index contributed by atoms with van der Waals surface area (Å²) in [4.78, 5) is 13.4. The standard InChI is InChI=1S/C46H29N5/c47-30-31-25-38(29-39(26-31)51-42-23-9-7-21-40(42)41-22-8-10-24-43(41)51)36-19-11-17-34(27-36)35-18-12-20-37(28-35)46-49-44(32-13-3-1-4-14-32)48-45(50-46)33-15-5-2-6-16-33/h1-29H/p+1. The van der Waals surface area contributed by atoms with Crippen LogP contribution in [0.5, 0.6) is 0 Å². The number of fused-ring (bicyclic) bond motifs is 3. The summed E-state index contributed by atoms with van der Waals surface area (Å²) < 4.78 is 2.26. The van der Waals surface area contributed by atoms with Gasteiger partial charge < -0.3 is 4.57 Å². The van der Waals surface area contributed by atoms with E-state index in [4.69, 9.17) is 9.97 Å². The molecule has 0 aliphatic carbocycles. The molecule has 0 bridgehead atoms. The summed E-state index contributed by atoms with van der Waals surface area (Å²) in [5.41, 5.74) is 10.8. The van der Waals surface area contributed by atoms with Crippen LogP contribution in [-0.4, -0.2) is 14.5 Å². The average molecular weight is 653 g/mol. The van der Waals surface area contributed by atoms with Crippen LogP contribution < -0.4 is 4.98 Å². The van der Waals surface area contributed by atoms with Crippen molar-refractivity contribution in [2.24, 2.45) is 0 Å². The van der Waals surface area contributed by atoms with E-state index in [2.05, 4.69) is 119 Å². The van der Waals surface area contributed by atoms with Crippen LogP contribution in [0, 0.1) is 11.3 Å². The summed E-state index contributed by atoms with van der Waals surface area (Å²) in [6.45, 7) is 0. The van der Waals surface area contributed by atoms with E-state index in [0.29, 0.717) is 11.4 Å². The minimum Gasteiger partial charge on any atom is -0.309 e. The van der Waals surface area contributed by atoms with Crippen molar-refractivity contribution >= 4 is 21.8 Å². The van der Waals surface area contributed by atoms with E-state index in [1.807, 2.05) is 72.8 Å². The first-order chi connectivity index (χ1) is 25.2. The molecule has 0 amide bonds. The first-order valence-corrected chi connectivity index (χ1v) is 16.9. The van der Waals surface area contributed by atoms with Crippen LogP contribution in [0.25, 0.3) is 83.9 Å². The number of aromatic amines is 1. The van der Waals surface area contributed by atoms with Crippen LogP contribution >= 0.6 is 0 Å². The van der Waals surface area contributed by atoms with E-state index >= 15 is 0 Å². The van der Waals surface area contributed by atoms with Crippen LogP contribution in [0.15, 0.2) is 176 Å². The number of rotatable bonds is 6. The number of H-pyrrole nitrogens is 1. The molecule has 2 aromatic heterocycles. The molecule has 0 atom stereocenters. The highest BCUT2D eigenvalue weighted by molar-refractivity contribution is 6.09. The molecule has 0 radical (unpaired) electrons. The van der Waals surface area contributed by atoms with Crippen molar-refractivity contribution in [3.63, 3.8) is 0 Å². The quantitative estimate of drug-likeness (QED) is 0.179. The summed E-state index contributed by atoms with van der Waals surface area (Å²) in [6, 6.07) is 62.5. The molecule has 0 saturated heterocycles. The third-order valence-electron chi connectivity index (χ3n) is 9.30. The van der Waals surface area contributed by atoms with Gasteiger partial charge in [-0.15, -0.1) is 0 Å². The SMILES string of the molecule is N#Cc1cc(-c2cccc(-c3cccc(-c4nc(-c5ccccc5)nc(-c5ccccc5)[nH+]4)c3)c2)cc(-n2c3ccccc3c3ccccc32)c1. The number of nitrogens with zero attached hydrogens (tertiary/aromatic N) is 4. The van der Waals surface area contributed by atoms with E-state index in [9.17, 15) is 5.26 Å². The summed E-state index contributed by atoms with van der Waals surface area (Å²) in [7, 11) is 0. The Balaban J connectivity index is 1.13. The summed E-state index contributed by atoms with van der Waals surface area (Å²) in [5.74, 6) is 2.15. The summed E-state index contributed by atoms with van der Waals surface area (Å²) >= 11 is 0. The summed E-state index contributed by atoms with van der Waals surface area (Å²) in [5, 5.41) is 12.5. The lowest BCUT2D eigenvalue weighted by molar-refractivity contribution is -0.359. The van der Waals surface area contributed by atoms with E-state index in [0.717, 1.165) is 67.3 Å². The van der Waals surface area contributed by atoms with Gasteiger partial charge in [0.2, 0.25) is 0 Å². The van der Waals surface area contributed by atoms with Gasteiger partial charge in [-0.05, 0) is 95.1 Å². The second-order valence-corrected chi connectivity index (χ2v) is 12.5. The number of hydrogen-bond acceptors (Lipinski definition) is 3. The zero-order chi connectivity index (χ0) is 34.1. The largest absolute Gasteiger partial charge is 0.309 e. The molecule has 5 nitrogen and oxygen atoms in total. The van der Waals surface area contributed by atoms with Crippen LogP contribution in [-0.2, 0) is 0 Å². The van der Waals surface area contributed by atoms with Crippen LogP contribution in [0.2, 0.25) is 0 Å². The van der Waals surface area contributed by atoms with Crippen molar-refractivity contribution in [3.05, 3.63) is 181 Å².